The van der Waals surface area contributed by atoms with Crippen molar-refractivity contribution in [2.75, 3.05) is 4.90 Å². The second-order valence-corrected chi connectivity index (χ2v) is 9.22. The zero-order valence-corrected chi connectivity index (χ0v) is 16.1. The largest absolute Gasteiger partial charge is 0.294 e. The third-order valence-electron chi connectivity index (χ3n) is 4.99. The highest BCUT2D eigenvalue weighted by Gasteiger charge is 2.40. The second-order valence-electron chi connectivity index (χ2n) is 6.68. The van der Waals surface area contributed by atoms with E-state index in [0.717, 1.165) is 16.1 Å². The van der Waals surface area contributed by atoms with E-state index in [1.165, 1.54) is 12.1 Å². The number of carbonyl (C=O) groups is 2. The first-order valence-corrected chi connectivity index (χ1v) is 11.0. The highest BCUT2D eigenvalue weighted by molar-refractivity contribution is 7.89. The number of nitrogens with two attached hydrogens (primary N) is 1. The minimum Gasteiger partial charge on any atom is -0.294 e. The molecule has 1 unspecified atom stereocenters. The fourth-order valence-electron chi connectivity index (χ4n) is 3.81. The van der Waals surface area contributed by atoms with E-state index in [9.17, 15) is 18.0 Å². The predicted molar refractivity (Wildman–Crippen MR) is 103 cm³/mol. The first-order chi connectivity index (χ1) is 12.9. The van der Waals surface area contributed by atoms with E-state index in [2.05, 4.69) is 0 Å². The molecule has 2 aromatic rings. The first kappa shape index (κ1) is 18.1. The van der Waals surface area contributed by atoms with Crippen molar-refractivity contribution in [2.45, 2.75) is 36.5 Å². The Morgan fingerprint density at radius 1 is 1.07 bits per heavy atom. The Morgan fingerprint density at radius 2 is 1.81 bits per heavy atom. The van der Waals surface area contributed by atoms with Crippen molar-refractivity contribution in [3.05, 3.63) is 57.9 Å². The Morgan fingerprint density at radius 3 is 2.44 bits per heavy atom. The van der Waals surface area contributed by atoms with Gasteiger partial charge in [-0.25, -0.2) is 13.6 Å². The summed E-state index contributed by atoms with van der Waals surface area (Å²) in [4.78, 5) is 28.3. The van der Waals surface area contributed by atoms with Gasteiger partial charge in [0.1, 0.15) is 0 Å². The molecule has 0 spiro atoms. The number of hydrogen-bond donors (Lipinski definition) is 1. The summed E-state index contributed by atoms with van der Waals surface area (Å²) in [5, 5.41) is 7.10. The first-order valence-electron chi connectivity index (χ1n) is 8.62. The second kappa shape index (κ2) is 6.70. The van der Waals surface area contributed by atoms with Crippen molar-refractivity contribution >= 4 is 38.7 Å². The molecule has 1 aromatic carbocycles. The lowest BCUT2D eigenvalue weighted by Crippen LogP contribution is -2.40. The summed E-state index contributed by atoms with van der Waals surface area (Å²) in [5.41, 5.74) is 2.02. The number of sulfonamides is 1. The summed E-state index contributed by atoms with van der Waals surface area (Å²) >= 11 is 1.55. The molecule has 2 N–H and O–H groups in total. The molecule has 1 atom stereocenters. The molecule has 0 bridgehead atoms. The monoisotopic (exact) mass is 402 g/mol. The number of primary sulfonamides is 1. The van der Waals surface area contributed by atoms with E-state index in [0.29, 0.717) is 24.9 Å². The number of thiophene rings is 1. The molecule has 6 nitrogen and oxygen atoms in total. The number of rotatable bonds is 3. The van der Waals surface area contributed by atoms with Crippen molar-refractivity contribution in [1.29, 1.82) is 0 Å². The van der Waals surface area contributed by atoms with Gasteiger partial charge in [0, 0.05) is 40.6 Å². The van der Waals surface area contributed by atoms with Crippen LogP contribution in [0, 0.1) is 0 Å². The SMILES string of the molecule is NS(=O)(=O)c1ccc(N2C(=O)CC(c3cccs3)C3=C2CCCC3=O)cc1. The van der Waals surface area contributed by atoms with Gasteiger partial charge in [-0.05, 0) is 48.6 Å². The van der Waals surface area contributed by atoms with Crippen LogP contribution < -0.4 is 10.0 Å². The lowest BCUT2D eigenvalue weighted by atomic mass is 9.79. The molecule has 140 valence electrons. The van der Waals surface area contributed by atoms with E-state index in [-0.39, 0.29) is 28.9 Å². The summed E-state index contributed by atoms with van der Waals surface area (Å²) in [6.07, 6.45) is 2.06. The minimum absolute atomic E-state index is 0.0129. The van der Waals surface area contributed by atoms with Gasteiger partial charge in [-0.3, -0.25) is 14.5 Å². The average molecular weight is 402 g/mol. The molecule has 0 radical (unpaired) electrons. The number of amides is 1. The van der Waals surface area contributed by atoms with Gasteiger partial charge in [-0.2, -0.15) is 0 Å². The number of nitrogens with zero attached hydrogens (tertiary/aromatic N) is 1. The zero-order valence-electron chi connectivity index (χ0n) is 14.4. The maximum absolute atomic E-state index is 13.0. The smallest absolute Gasteiger partial charge is 0.238 e. The Labute approximate surface area is 161 Å². The summed E-state index contributed by atoms with van der Waals surface area (Å²) in [6.45, 7) is 0. The molecule has 2 heterocycles. The Bertz CT molecular complexity index is 1040. The highest BCUT2D eigenvalue weighted by Crippen LogP contribution is 2.44. The van der Waals surface area contributed by atoms with Crippen LogP contribution in [0.25, 0.3) is 0 Å². The van der Waals surface area contributed by atoms with E-state index in [1.807, 2.05) is 17.5 Å². The number of allylic oxidation sites excluding steroid dienone is 2. The number of Topliss-reactive ketones (excluding diaryl/α,β-unsaturated/α-hetero) is 1. The molecule has 1 amide bonds. The summed E-state index contributed by atoms with van der Waals surface area (Å²) in [5.74, 6) is -0.196. The molecule has 8 heteroatoms. The molecular formula is C19H18N2O4S2. The van der Waals surface area contributed by atoms with Gasteiger partial charge in [-0.15, -0.1) is 11.3 Å². The van der Waals surface area contributed by atoms with Gasteiger partial charge in [0.2, 0.25) is 15.9 Å². The van der Waals surface area contributed by atoms with E-state index >= 15 is 0 Å². The molecule has 1 aliphatic carbocycles. The molecule has 0 saturated heterocycles. The fraction of sp³-hybridized carbons (Fsp3) is 0.263. The topological polar surface area (TPSA) is 97.5 Å². The summed E-state index contributed by atoms with van der Waals surface area (Å²) in [7, 11) is -3.80. The predicted octanol–water partition coefficient (Wildman–Crippen LogP) is 2.92. The van der Waals surface area contributed by atoms with Gasteiger partial charge in [0.25, 0.3) is 0 Å². The van der Waals surface area contributed by atoms with Gasteiger partial charge in [0.15, 0.2) is 5.78 Å². The molecule has 4 rings (SSSR count). The lowest BCUT2D eigenvalue weighted by molar-refractivity contribution is -0.119. The molecule has 1 aliphatic heterocycles. The maximum Gasteiger partial charge on any atom is 0.238 e. The van der Waals surface area contributed by atoms with Crippen molar-refractivity contribution in [2.24, 2.45) is 5.14 Å². The summed E-state index contributed by atoms with van der Waals surface area (Å²) in [6, 6.07) is 9.78. The van der Waals surface area contributed by atoms with Gasteiger partial charge in [-0.1, -0.05) is 6.07 Å². The number of ketones is 1. The van der Waals surface area contributed by atoms with Crippen LogP contribution in [0.5, 0.6) is 0 Å². The van der Waals surface area contributed by atoms with Crippen LogP contribution in [0.15, 0.2) is 57.9 Å². The normalized spacial score (nSPS) is 20.8. The molecule has 2 aliphatic rings. The molecule has 0 fully saturated rings. The van der Waals surface area contributed by atoms with Crippen LogP contribution in [0.2, 0.25) is 0 Å². The molecule has 1 aromatic heterocycles. The quantitative estimate of drug-likeness (QED) is 0.853. The molecular weight excluding hydrogens is 384 g/mol. The zero-order chi connectivity index (χ0) is 19.2. The van der Waals surface area contributed by atoms with Crippen molar-refractivity contribution in [3.63, 3.8) is 0 Å². The average Bonchev–Trinajstić information content (AvgIpc) is 3.15. The third kappa shape index (κ3) is 3.24. The molecule has 27 heavy (non-hydrogen) atoms. The van der Waals surface area contributed by atoms with E-state index in [1.54, 1.807) is 28.4 Å². The van der Waals surface area contributed by atoms with Crippen molar-refractivity contribution in [1.82, 2.24) is 0 Å². The number of hydrogen-bond acceptors (Lipinski definition) is 5. The number of benzene rings is 1. The van der Waals surface area contributed by atoms with Crippen LogP contribution >= 0.6 is 11.3 Å². The standard InChI is InChI=1S/C19H18N2O4S2/c20-27(24,25)13-8-6-12(7-9-13)21-15-3-1-4-16(22)19(15)14(11-18(21)23)17-5-2-10-26-17/h2,5-10,14H,1,3-4,11H2,(H2,20,24,25). The van der Waals surface area contributed by atoms with Crippen LogP contribution in [0.3, 0.4) is 0 Å². The molecule has 0 saturated carbocycles. The maximum atomic E-state index is 13.0. The van der Waals surface area contributed by atoms with Crippen LogP contribution in [0.4, 0.5) is 5.69 Å². The Balaban J connectivity index is 1.81. The van der Waals surface area contributed by atoms with Crippen LogP contribution in [-0.2, 0) is 19.6 Å². The summed E-state index contributed by atoms with van der Waals surface area (Å²) < 4.78 is 22.9. The van der Waals surface area contributed by atoms with Crippen molar-refractivity contribution in [3.8, 4) is 0 Å². The van der Waals surface area contributed by atoms with Gasteiger partial charge >= 0.3 is 0 Å². The lowest BCUT2D eigenvalue weighted by Gasteiger charge is -2.38. The minimum atomic E-state index is -3.80. The van der Waals surface area contributed by atoms with Gasteiger partial charge < -0.3 is 0 Å². The Hall–Kier alpha value is -2.29. The Kier molecular flexibility index (Phi) is 4.49. The number of anilines is 1. The van der Waals surface area contributed by atoms with E-state index < -0.39 is 10.0 Å². The third-order valence-corrected chi connectivity index (χ3v) is 6.90. The fourth-order valence-corrected chi connectivity index (χ4v) is 5.16. The van der Waals surface area contributed by atoms with Crippen molar-refractivity contribution < 1.29 is 18.0 Å². The van der Waals surface area contributed by atoms with Crippen LogP contribution in [-0.4, -0.2) is 20.1 Å². The highest BCUT2D eigenvalue weighted by atomic mass is 32.2. The number of carbonyl (C=O) groups excluding carboxylic acids is 2. The van der Waals surface area contributed by atoms with Crippen LogP contribution in [0.1, 0.15) is 36.5 Å². The van der Waals surface area contributed by atoms with E-state index in [4.69, 9.17) is 5.14 Å². The van der Waals surface area contributed by atoms with Gasteiger partial charge in [0.05, 0.1) is 4.90 Å².